The fraction of sp³-hybridized carbons (Fsp3) is 0.100. The van der Waals surface area contributed by atoms with Crippen molar-refractivity contribution in [3.05, 3.63) is 35.8 Å². The molecule has 2 heterocycles. The molecular formula is C10H8N2O3. The molecule has 0 aliphatic heterocycles. The van der Waals surface area contributed by atoms with Crippen LogP contribution in [0.15, 0.2) is 24.5 Å². The van der Waals surface area contributed by atoms with Crippen LogP contribution in [0.3, 0.4) is 0 Å². The molecule has 0 bridgehead atoms. The quantitative estimate of drug-likeness (QED) is 0.539. The van der Waals surface area contributed by atoms with E-state index in [2.05, 4.69) is 9.72 Å². The van der Waals surface area contributed by atoms with Crippen molar-refractivity contribution in [3.8, 4) is 0 Å². The van der Waals surface area contributed by atoms with E-state index >= 15 is 0 Å². The number of imidazole rings is 1. The lowest BCUT2D eigenvalue weighted by Crippen LogP contribution is -2.02. The second kappa shape index (κ2) is 3.53. The molecule has 0 saturated carbocycles. The number of hydrogen-bond donors (Lipinski definition) is 0. The van der Waals surface area contributed by atoms with Crippen LogP contribution in [0.25, 0.3) is 5.65 Å². The summed E-state index contributed by atoms with van der Waals surface area (Å²) < 4.78 is 6.18. The molecule has 0 unspecified atom stereocenters. The Morgan fingerprint density at radius 2 is 2.27 bits per heavy atom. The highest BCUT2D eigenvalue weighted by Crippen LogP contribution is 2.07. The third-order valence-corrected chi connectivity index (χ3v) is 2.01. The Labute approximate surface area is 85.3 Å². The van der Waals surface area contributed by atoms with Crippen molar-refractivity contribution in [2.75, 3.05) is 7.11 Å². The molecule has 5 nitrogen and oxygen atoms in total. The number of esters is 1. The lowest BCUT2D eigenvalue weighted by Gasteiger charge is -1.99. The number of carbonyl (C=O) groups is 2. The van der Waals surface area contributed by atoms with E-state index < -0.39 is 5.97 Å². The molecule has 2 aromatic heterocycles. The van der Waals surface area contributed by atoms with E-state index in [0.717, 1.165) is 0 Å². The predicted octanol–water partition coefficient (Wildman–Crippen LogP) is 0.933. The van der Waals surface area contributed by atoms with Crippen molar-refractivity contribution < 1.29 is 14.3 Å². The molecule has 15 heavy (non-hydrogen) atoms. The first-order valence-electron chi connectivity index (χ1n) is 4.27. The zero-order valence-electron chi connectivity index (χ0n) is 8.01. The molecule has 5 heteroatoms. The zero-order chi connectivity index (χ0) is 10.8. The summed E-state index contributed by atoms with van der Waals surface area (Å²) >= 11 is 0. The fourth-order valence-corrected chi connectivity index (χ4v) is 1.31. The van der Waals surface area contributed by atoms with E-state index in [1.54, 1.807) is 28.9 Å². The zero-order valence-corrected chi connectivity index (χ0v) is 8.01. The number of fused-ring (bicyclic) bond motifs is 1. The van der Waals surface area contributed by atoms with Crippen LogP contribution in [0.2, 0.25) is 0 Å². The monoisotopic (exact) mass is 204 g/mol. The molecule has 0 N–H and O–H groups in total. The summed E-state index contributed by atoms with van der Waals surface area (Å²) in [5, 5.41) is 0. The molecule has 0 spiro atoms. The second-order valence-electron chi connectivity index (χ2n) is 2.96. The first-order valence-corrected chi connectivity index (χ1v) is 4.27. The summed E-state index contributed by atoms with van der Waals surface area (Å²) in [5.41, 5.74) is 1.36. The predicted molar refractivity (Wildman–Crippen MR) is 51.9 cm³/mol. The Kier molecular flexibility index (Phi) is 2.21. The summed E-state index contributed by atoms with van der Waals surface area (Å²) in [6, 6.07) is 3.25. The highest BCUT2D eigenvalue weighted by Gasteiger charge is 2.07. The van der Waals surface area contributed by atoms with Crippen LogP contribution in [0.5, 0.6) is 0 Å². The van der Waals surface area contributed by atoms with Gasteiger partial charge >= 0.3 is 5.97 Å². The first kappa shape index (κ1) is 9.39. The molecule has 2 rings (SSSR count). The van der Waals surface area contributed by atoms with Gasteiger partial charge < -0.3 is 9.14 Å². The van der Waals surface area contributed by atoms with Crippen LogP contribution in [0.4, 0.5) is 0 Å². The number of carbonyl (C=O) groups excluding carboxylic acids is 2. The molecule has 0 aliphatic rings. The van der Waals surface area contributed by atoms with Gasteiger partial charge in [-0.25, -0.2) is 9.78 Å². The van der Waals surface area contributed by atoms with Gasteiger partial charge in [0.2, 0.25) is 0 Å². The SMILES string of the molecule is COC(=O)c1ccc2nc(C=O)cn2c1. The van der Waals surface area contributed by atoms with E-state index in [1.165, 1.54) is 7.11 Å². The molecule has 76 valence electrons. The fourth-order valence-electron chi connectivity index (χ4n) is 1.31. The van der Waals surface area contributed by atoms with Crippen molar-refractivity contribution in [2.24, 2.45) is 0 Å². The number of aldehydes is 1. The van der Waals surface area contributed by atoms with Gasteiger partial charge in [-0.1, -0.05) is 0 Å². The molecule has 2 aromatic rings. The van der Waals surface area contributed by atoms with Crippen LogP contribution in [-0.4, -0.2) is 28.7 Å². The van der Waals surface area contributed by atoms with Crippen LogP contribution < -0.4 is 0 Å². The Morgan fingerprint density at radius 1 is 1.47 bits per heavy atom. The largest absolute Gasteiger partial charge is 0.465 e. The first-order chi connectivity index (χ1) is 7.24. The lowest BCUT2D eigenvalue weighted by molar-refractivity contribution is 0.0600. The number of rotatable bonds is 2. The molecule has 0 aromatic carbocycles. The molecule has 0 atom stereocenters. The molecule has 0 amide bonds. The highest BCUT2D eigenvalue weighted by molar-refractivity contribution is 5.89. The Bertz CT molecular complexity index is 530. The second-order valence-corrected chi connectivity index (χ2v) is 2.96. The molecule has 0 saturated heterocycles. The Hall–Kier alpha value is -2.17. The van der Waals surface area contributed by atoms with Crippen molar-refractivity contribution in [1.29, 1.82) is 0 Å². The maximum Gasteiger partial charge on any atom is 0.339 e. The summed E-state index contributed by atoms with van der Waals surface area (Å²) in [6.45, 7) is 0. The van der Waals surface area contributed by atoms with Crippen LogP contribution >= 0.6 is 0 Å². The van der Waals surface area contributed by atoms with Crippen LogP contribution in [0, 0.1) is 0 Å². The van der Waals surface area contributed by atoms with Gasteiger partial charge in [0.15, 0.2) is 6.29 Å². The average Bonchev–Trinajstić information content (AvgIpc) is 2.69. The van der Waals surface area contributed by atoms with Gasteiger partial charge in [-0.3, -0.25) is 4.79 Å². The minimum Gasteiger partial charge on any atom is -0.465 e. The third kappa shape index (κ3) is 1.59. The number of pyridine rings is 1. The summed E-state index contributed by atoms with van der Waals surface area (Å²) in [4.78, 5) is 25.7. The molecule has 0 aliphatic carbocycles. The van der Waals surface area contributed by atoms with Crippen molar-refractivity contribution in [3.63, 3.8) is 0 Å². The third-order valence-electron chi connectivity index (χ3n) is 2.01. The van der Waals surface area contributed by atoms with Gasteiger partial charge in [-0.05, 0) is 12.1 Å². The number of ether oxygens (including phenoxy) is 1. The maximum atomic E-state index is 11.2. The lowest BCUT2D eigenvalue weighted by atomic mass is 10.3. The number of aromatic nitrogens is 2. The smallest absolute Gasteiger partial charge is 0.339 e. The van der Waals surface area contributed by atoms with Gasteiger partial charge in [-0.2, -0.15) is 0 Å². The average molecular weight is 204 g/mol. The molecule has 0 radical (unpaired) electrons. The van der Waals surface area contributed by atoms with Crippen LogP contribution in [-0.2, 0) is 4.74 Å². The minimum absolute atomic E-state index is 0.331. The molecular weight excluding hydrogens is 196 g/mol. The van der Waals surface area contributed by atoms with Crippen molar-refractivity contribution in [1.82, 2.24) is 9.38 Å². The van der Waals surface area contributed by atoms with E-state index in [1.807, 2.05) is 0 Å². The van der Waals surface area contributed by atoms with Crippen LogP contribution in [0.1, 0.15) is 20.8 Å². The van der Waals surface area contributed by atoms with Gasteiger partial charge in [0, 0.05) is 12.4 Å². The van der Waals surface area contributed by atoms with Gasteiger partial charge in [0.25, 0.3) is 0 Å². The Morgan fingerprint density at radius 3 is 2.93 bits per heavy atom. The summed E-state index contributed by atoms with van der Waals surface area (Å²) in [5.74, 6) is -0.418. The van der Waals surface area contributed by atoms with Crippen molar-refractivity contribution in [2.45, 2.75) is 0 Å². The minimum atomic E-state index is -0.418. The van der Waals surface area contributed by atoms with Gasteiger partial charge in [0.1, 0.15) is 11.3 Å². The van der Waals surface area contributed by atoms with Gasteiger partial charge in [-0.15, -0.1) is 0 Å². The van der Waals surface area contributed by atoms with E-state index in [9.17, 15) is 9.59 Å². The summed E-state index contributed by atoms with van der Waals surface area (Å²) in [6.07, 6.45) is 3.78. The molecule has 0 fully saturated rings. The highest BCUT2D eigenvalue weighted by atomic mass is 16.5. The maximum absolute atomic E-state index is 11.2. The van der Waals surface area contributed by atoms with E-state index in [-0.39, 0.29) is 0 Å². The van der Waals surface area contributed by atoms with Gasteiger partial charge in [0.05, 0.1) is 12.7 Å². The van der Waals surface area contributed by atoms with E-state index in [4.69, 9.17) is 0 Å². The number of hydrogen-bond acceptors (Lipinski definition) is 4. The Balaban J connectivity index is 2.55. The number of nitrogens with zero attached hydrogens (tertiary/aromatic N) is 2. The summed E-state index contributed by atoms with van der Waals surface area (Å²) in [7, 11) is 1.32. The number of methoxy groups -OCH3 is 1. The van der Waals surface area contributed by atoms with Crippen molar-refractivity contribution >= 4 is 17.9 Å². The van der Waals surface area contributed by atoms with E-state index in [0.29, 0.717) is 23.2 Å². The topological polar surface area (TPSA) is 60.7 Å². The normalized spacial score (nSPS) is 10.2. The standard InChI is InChI=1S/C10H8N2O3/c1-15-10(14)7-2-3-9-11-8(6-13)5-12(9)4-7/h2-6H,1H3.